The highest BCUT2D eigenvalue weighted by Crippen LogP contribution is 2.40. The lowest BCUT2D eigenvalue weighted by atomic mass is 9.90. The molecule has 0 spiro atoms. The minimum absolute atomic E-state index is 0.0214. The largest absolute Gasteiger partial charge is 0.493 e. The van der Waals surface area contributed by atoms with Crippen LogP contribution in [0.2, 0.25) is 0 Å². The highest BCUT2D eigenvalue weighted by Gasteiger charge is 2.28. The SMILES string of the molecule is CC(=O)c1cccc(C2C[C@H](O)c3cc(S(=O)(=O)Nc4ccc5c(c4)CCO5)ccc3N2)c1. The number of ketones is 1. The Kier molecular flexibility index (Phi) is 5.34. The molecule has 3 aromatic rings. The second-order valence-electron chi connectivity index (χ2n) is 8.41. The lowest BCUT2D eigenvalue weighted by molar-refractivity contribution is 0.101. The van der Waals surface area contributed by atoms with Crippen molar-refractivity contribution >= 4 is 27.2 Å². The van der Waals surface area contributed by atoms with Gasteiger partial charge >= 0.3 is 0 Å². The summed E-state index contributed by atoms with van der Waals surface area (Å²) < 4.78 is 34.1. The van der Waals surface area contributed by atoms with E-state index in [1.54, 1.807) is 30.3 Å². The predicted octanol–water partition coefficient (Wildman–Crippen LogP) is 4.22. The maximum atomic E-state index is 13.0. The smallest absolute Gasteiger partial charge is 0.261 e. The zero-order valence-corrected chi connectivity index (χ0v) is 18.9. The first-order valence-electron chi connectivity index (χ1n) is 10.8. The van der Waals surface area contributed by atoms with Crippen LogP contribution in [0, 0.1) is 0 Å². The first kappa shape index (κ1) is 21.5. The maximum Gasteiger partial charge on any atom is 0.261 e. The third-order valence-corrected chi connectivity index (χ3v) is 7.50. The molecule has 0 bridgehead atoms. The highest BCUT2D eigenvalue weighted by molar-refractivity contribution is 7.92. The summed E-state index contributed by atoms with van der Waals surface area (Å²) in [6.45, 7) is 2.12. The van der Waals surface area contributed by atoms with Gasteiger partial charge in [-0.05, 0) is 60.5 Å². The van der Waals surface area contributed by atoms with Gasteiger partial charge in [-0.3, -0.25) is 9.52 Å². The normalized spacial score (nSPS) is 19.1. The number of Topliss-reactive ketones (excluding diaryl/α,β-unsaturated/α-hetero) is 1. The number of aliphatic hydroxyl groups excluding tert-OH is 1. The number of anilines is 2. The third-order valence-electron chi connectivity index (χ3n) is 6.12. The number of nitrogens with one attached hydrogen (secondary N) is 2. The summed E-state index contributed by atoms with van der Waals surface area (Å²) in [4.78, 5) is 11.8. The summed E-state index contributed by atoms with van der Waals surface area (Å²) in [5.74, 6) is 0.760. The summed E-state index contributed by atoms with van der Waals surface area (Å²) in [7, 11) is -3.84. The second kappa shape index (κ2) is 8.20. The minimum atomic E-state index is -3.84. The molecule has 170 valence electrons. The van der Waals surface area contributed by atoms with Crippen LogP contribution < -0.4 is 14.8 Å². The van der Waals surface area contributed by atoms with Crippen molar-refractivity contribution in [2.24, 2.45) is 0 Å². The van der Waals surface area contributed by atoms with E-state index in [9.17, 15) is 18.3 Å². The van der Waals surface area contributed by atoms with Gasteiger partial charge in [0, 0.05) is 35.3 Å². The maximum absolute atomic E-state index is 13.0. The Hall–Kier alpha value is -3.36. The van der Waals surface area contributed by atoms with Crippen molar-refractivity contribution in [1.29, 1.82) is 0 Å². The van der Waals surface area contributed by atoms with Gasteiger partial charge in [0.15, 0.2) is 5.78 Å². The molecule has 3 aromatic carbocycles. The number of hydrogen-bond acceptors (Lipinski definition) is 6. The number of carbonyl (C=O) groups is 1. The summed E-state index contributed by atoms with van der Waals surface area (Å²) in [6.07, 6.45) is 0.258. The van der Waals surface area contributed by atoms with Crippen molar-refractivity contribution in [3.63, 3.8) is 0 Å². The van der Waals surface area contributed by atoms with Gasteiger partial charge in [-0.25, -0.2) is 8.42 Å². The van der Waals surface area contributed by atoms with Crippen LogP contribution in [0.5, 0.6) is 5.75 Å². The fourth-order valence-corrected chi connectivity index (χ4v) is 5.45. The number of hydrogen-bond donors (Lipinski definition) is 3. The Labute approximate surface area is 192 Å². The van der Waals surface area contributed by atoms with Gasteiger partial charge in [0.05, 0.1) is 23.6 Å². The number of ether oxygens (including phenoxy) is 1. The van der Waals surface area contributed by atoms with E-state index < -0.39 is 16.1 Å². The summed E-state index contributed by atoms with van der Waals surface area (Å²) in [5.41, 5.74) is 4.15. The number of fused-ring (bicyclic) bond motifs is 2. The summed E-state index contributed by atoms with van der Waals surface area (Å²) in [6, 6.07) is 17.0. The standard InChI is InChI=1S/C25H24N2O5S/c1-15(28)16-3-2-4-17(11-16)23-14-24(29)21-13-20(6-7-22(21)26-23)33(30,31)27-19-5-8-25-18(12-19)9-10-32-25/h2-8,11-13,23-24,26-27,29H,9-10,14H2,1H3/t23?,24-/m0/s1. The summed E-state index contributed by atoms with van der Waals surface area (Å²) >= 11 is 0. The number of sulfonamides is 1. The van der Waals surface area contributed by atoms with Crippen LogP contribution in [0.3, 0.4) is 0 Å². The molecule has 3 N–H and O–H groups in total. The van der Waals surface area contributed by atoms with Crippen LogP contribution in [0.1, 0.15) is 52.5 Å². The van der Waals surface area contributed by atoms with Crippen molar-refractivity contribution in [3.8, 4) is 5.75 Å². The number of benzene rings is 3. The predicted molar refractivity (Wildman–Crippen MR) is 125 cm³/mol. The van der Waals surface area contributed by atoms with E-state index in [0.717, 1.165) is 23.3 Å². The van der Waals surface area contributed by atoms with Crippen LogP contribution in [0.25, 0.3) is 0 Å². The molecule has 5 rings (SSSR count). The van der Waals surface area contributed by atoms with Gasteiger partial charge in [0.1, 0.15) is 5.75 Å². The average molecular weight is 465 g/mol. The molecule has 0 saturated heterocycles. The van der Waals surface area contributed by atoms with Gasteiger partial charge in [-0.2, -0.15) is 0 Å². The van der Waals surface area contributed by atoms with Crippen LogP contribution in [-0.4, -0.2) is 25.9 Å². The fourth-order valence-electron chi connectivity index (χ4n) is 4.37. The van der Waals surface area contributed by atoms with E-state index in [1.165, 1.54) is 19.1 Å². The first-order chi connectivity index (χ1) is 15.8. The molecule has 0 radical (unpaired) electrons. The first-order valence-corrected chi connectivity index (χ1v) is 12.3. The van der Waals surface area contributed by atoms with Crippen LogP contribution in [-0.2, 0) is 16.4 Å². The Bertz CT molecular complexity index is 1350. The van der Waals surface area contributed by atoms with E-state index in [-0.39, 0.29) is 16.7 Å². The van der Waals surface area contributed by atoms with Crippen LogP contribution in [0.15, 0.2) is 65.6 Å². The Balaban J connectivity index is 1.39. The Morgan fingerprint density at radius 3 is 2.79 bits per heavy atom. The van der Waals surface area contributed by atoms with E-state index >= 15 is 0 Å². The lowest BCUT2D eigenvalue weighted by Gasteiger charge is -2.31. The average Bonchev–Trinajstić information content (AvgIpc) is 3.26. The number of rotatable bonds is 5. The molecule has 8 heteroatoms. The molecule has 0 amide bonds. The van der Waals surface area contributed by atoms with Crippen molar-refractivity contribution in [1.82, 2.24) is 0 Å². The zero-order chi connectivity index (χ0) is 23.2. The second-order valence-corrected chi connectivity index (χ2v) is 10.1. The van der Waals surface area contributed by atoms with Crippen LogP contribution in [0.4, 0.5) is 11.4 Å². The molecular formula is C25H24N2O5S. The molecule has 2 atom stereocenters. The molecule has 2 aliphatic heterocycles. The van der Waals surface area contributed by atoms with E-state index in [0.29, 0.717) is 35.5 Å². The topological polar surface area (TPSA) is 105 Å². The van der Waals surface area contributed by atoms with Crippen molar-refractivity contribution in [2.45, 2.75) is 36.8 Å². The Morgan fingerprint density at radius 1 is 1.12 bits per heavy atom. The quantitative estimate of drug-likeness (QED) is 0.489. The molecule has 0 aliphatic carbocycles. The monoisotopic (exact) mass is 464 g/mol. The van der Waals surface area contributed by atoms with Gasteiger partial charge in [-0.15, -0.1) is 0 Å². The molecule has 0 aromatic heterocycles. The fraction of sp³-hybridized carbons (Fsp3) is 0.240. The van der Waals surface area contributed by atoms with Gasteiger partial charge in [0.2, 0.25) is 0 Å². The molecule has 1 unspecified atom stereocenters. The van der Waals surface area contributed by atoms with Gasteiger partial charge < -0.3 is 15.2 Å². The number of carbonyl (C=O) groups excluding carboxylic acids is 1. The van der Waals surface area contributed by atoms with E-state index in [1.807, 2.05) is 18.2 Å². The highest BCUT2D eigenvalue weighted by atomic mass is 32.2. The minimum Gasteiger partial charge on any atom is -0.493 e. The molecule has 2 aliphatic rings. The van der Waals surface area contributed by atoms with Gasteiger partial charge in [0.25, 0.3) is 10.0 Å². The third kappa shape index (κ3) is 4.19. The molecular weight excluding hydrogens is 440 g/mol. The Morgan fingerprint density at radius 2 is 1.97 bits per heavy atom. The van der Waals surface area contributed by atoms with E-state index in [2.05, 4.69) is 10.0 Å². The van der Waals surface area contributed by atoms with E-state index in [4.69, 9.17) is 4.74 Å². The summed E-state index contributed by atoms with van der Waals surface area (Å²) in [5, 5.41) is 14.2. The van der Waals surface area contributed by atoms with Gasteiger partial charge in [-0.1, -0.05) is 18.2 Å². The zero-order valence-electron chi connectivity index (χ0n) is 18.0. The van der Waals surface area contributed by atoms with Crippen molar-refractivity contribution in [2.75, 3.05) is 16.6 Å². The molecule has 2 heterocycles. The van der Waals surface area contributed by atoms with Crippen molar-refractivity contribution in [3.05, 3.63) is 82.9 Å². The lowest BCUT2D eigenvalue weighted by Crippen LogP contribution is -2.22. The molecule has 0 saturated carbocycles. The van der Waals surface area contributed by atoms with Crippen LogP contribution >= 0.6 is 0 Å². The van der Waals surface area contributed by atoms with Crippen molar-refractivity contribution < 1.29 is 23.1 Å². The molecule has 33 heavy (non-hydrogen) atoms. The molecule has 0 fully saturated rings. The molecule has 7 nitrogen and oxygen atoms in total. The number of aliphatic hydroxyl groups is 1.